The summed E-state index contributed by atoms with van der Waals surface area (Å²) in [5.41, 5.74) is 6.18. The minimum atomic E-state index is -0.796. The molecule has 3 unspecified atom stereocenters. The molecule has 1 aromatic rings. The molecule has 0 aliphatic carbocycles. The average molecular weight is 355 g/mol. The lowest BCUT2D eigenvalue weighted by atomic mass is 9.87. The molecule has 2 rings (SSSR count). The van der Waals surface area contributed by atoms with Crippen molar-refractivity contribution in [2.45, 2.75) is 43.3 Å². The highest BCUT2D eigenvalue weighted by molar-refractivity contribution is 6.21. The Balaban J connectivity index is 1.97. The number of hydrogen-bond donors (Lipinski definition) is 1. The lowest BCUT2D eigenvalue weighted by molar-refractivity contribution is -0.0838. The van der Waals surface area contributed by atoms with Crippen molar-refractivity contribution in [3.05, 3.63) is 35.9 Å². The van der Waals surface area contributed by atoms with Crippen molar-refractivity contribution in [1.29, 1.82) is 0 Å². The van der Waals surface area contributed by atoms with Crippen molar-refractivity contribution >= 4 is 17.6 Å². The Hall–Kier alpha value is -1.14. The molecule has 0 aromatic heterocycles. The van der Waals surface area contributed by atoms with Gasteiger partial charge in [-0.1, -0.05) is 31.5 Å². The van der Waals surface area contributed by atoms with Gasteiger partial charge in [0.25, 0.3) is 0 Å². The molecule has 1 aliphatic rings. The predicted octanol–water partition coefficient (Wildman–Crippen LogP) is 2.63. The molecule has 134 valence electrons. The van der Waals surface area contributed by atoms with Gasteiger partial charge >= 0.3 is 5.97 Å². The number of alkyl halides is 1. The van der Waals surface area contributed by atoms with Gasteiger partial charge in [0.05, 0.1) is 16.5 Å². The van der Waals surface area contributed by atoms with Crippen molar-refractivity contribution in [3.63, 3.8) is 0 Å². The summed E-state index contributed by atoms with van der Waals surface area (Å²) >= 11 is 6.54. The van der Waals surface area contributed by atoms with E-state index in [9.17, 15) is 4.79 Å². The number of benzene rings is 1. The molecule has 1 saturated heterocycles. The van der Waals surface area contributed by atoms with E-state index < -0.39 is 5.54 Å². The second kappa shape index (κ2) is 8.81. The minimum Gasteiger partial charge on any atom is -0.460 e. The van der Waals surface area contributed by atoms with Crippen molar-refractivity contribution < 1.29 is 14.3 Å². The summed E-state index contributed by atoms with van der Waals surface area (Å²) in [6.07, 6.45) is 2.63. The van der Waals surface area contributed by atoms with Crippen molar-refractivity contribution in [2.24, 2.45) is 5.73 Å². The van der Waals surface area contributed by atoms with E-state index in [1.807, 2.05) is 6.07 Å². The first-order valence-corrected chi connectivity index (χ1v) is 8.85. The monoisotopic (exact) mass is 354 g/mol. The van der Waals surface area contributed by atoms with Gasteiger partial charge in [0.2, 0.25) is 0 Å². The molecule has 1 heterocycles. The van der Waals surface area contributed by atoms with Crippen molar-refractivity contribution in [3.8, 4) is 0 Å². The standard InChI is InChI=1S/C18H27ClN2O3/c1-3-4-10-21-12-15(19)18(20,11-16(21)23-2)13-24-17(22)14-8-6-5-7-9-14/h5-9,15-16H,3-4,10-13,20H2,1-2H3. The smallest absolute Gasteiger partial charge is 0.338 e. The molecule has 24 heavy (non-hydrogen) atoms. The number of halogens is 1. The van der Waals surface area contributed by atoms with Gasteiger partial charge in [-0.15, -0.1) is 11.6 Å². The predicted molar refractivity (Wildman–Crippen MR) is 95.2 cm³/mol. The van der Waals surface area contributed by atoms with Crippen LogP contribution in [-0.4, -0.2) is 54.8 Å². The minimum absolute atomic E-state index is 0.0797. The SMILES string of the molecule is CCCCN1CC(Cl)C(N)(COC(=O)c2ccccc2)CC1OC. The Morgan fingerprint density at radius 3 is 2.75 bits per heavy atom. The van der Waals surface area contributed by atoms with E-state index in [-0.39, 0.29) is 24.2 Å². The zero-order valence-corrected chi connectivity index (χ0v) is 15.2. The van der Waals surface area contributed by atoms with Crippen molar-refractivity contribution in [2.75, 3.05) is 26.8 Å². The summed E-state index contributed by atoms with van der Waals surface area (Å²) in [4.78, 5) is 14.3. The molecule has 1 aliphatic heterocycles. The summed E-state index contributed by atoms with van der Waals surface area (Å²) in [7, 11) is 1.68. The Labute approximate surface area is 149 Å². The molecule has 0 saturated carbocycles. The highest BCUT2D eigenvalue weighted by Crippen LogP contribution is 2.30. The maximum Gasteiger partial charge on any atom is 0.338 e. The summed E-state index contributed by atoms with van der Waals surface area (Å²) in [6.45, 7) is 3.79. The number of rotatable bonds is 7. The van der Waals surface area contributed by atoms with Crippen LogP contribution in [0.15, 0.2) is 30.3 Å². The molecule has 6 heteroatoms. The Kier molecular flexibility index (Phi) is 7.04. The molecule has 1 fully saturated rings. The van der Waals surface area contributed by atoms with Gasteiger partial charge in [0, 0.05) is 26.6 Å². The molecule has 3 atom stereocenters. The third-order valence-corrected chi connectivity index (χ3v) is 5.11. The van der Waals surface area contributed by atoms with E-state index >= 15 is 0 Å². The molecule has 0 amide bonds. The second-order valence-electron chi connectivity index (χ2n) is 6.39. The highest BCUT2D eigenvalue weighted by Gasteiger charge is 2.44. The van der Waals surface area contributed by atoms with Crippen LogP contribution in [0.4, 0.5) is 0 Å². The number of piperidine rings is 1. The number of hydrogen-bond acceptors (Lipinski definition) is 5. The Bertz CT molecular complexity index is 528. The van der Waals surface area contributed by atoms with Crippen LogP contribution in [-0.2, 0) is 9.47 Å². The van der Waals surface area contributed by atoms with E-state index in [1.165, 1.54) is 0 Å². The molecular formula is C18H27ClN2O3. The topological polar surface area (TPSA) is 64.8 Å². The van der Waals surface area contributed by atoms with Crippen LogP contribution >= 0.6 is 11.6 Å². The van der Waals surface area contributed by atoms with Crippen LogP contribution in [0.5, 0.6) is 0 Å². The third kappa shape index (κ3) is 4.70. The summed E-state index contributed by atoms with van der Waals surface area (Å²) in [5, 5.41) is -0.302. The van der Waals surface area contributed by atoms with Gasteiger partial charge in [-0.3, -0.25) is 4.90 Å². The fourth-order valence-electron chi connectivity index (χ4n) is 2.92. The number of carbonyl (C=O) groups is 1. The zero-order valence-electron chi connectivity index (χ0n) is 14.4. The van der Waals surface area contributed by atoms with E-state index in [2.05, 4.69) is 11.8 Å². The molecule has 0 spiro atoms. The number of likely N-dealkylation sites (tertiary alicyclic amines) is 1. The molecule has 1 aromatic carbocycles. The summed E-state index contributed by atoms with van der Waals surface area (Å²) < 4.78 is 11.0. The first-order chi connectivity index (χ1) is 11.5. The molecular weight excluding hydrogens is 328 g/mol. The van der Waals surface area contributed by atoms with Crippen LogP contribution in [0.1, 0.15) is 36.5 Å². The molecule has 0 radical (unpaired) electrons. The van der Waals surface area contributed by atoms with Crippen LogP contribution in [0, 0.1) is 0 Å². The maximum absolute atomic E-state index is 12.1. The zero-order chi connectivity index (χ0) is 17.6. The van der Waals surface area contributed by atoms with Crippen LogP contribution in [0.3, 0.4) is 0 Å². The molecule has 0 bridgehead atoms. The number of methoxy groups -OCH3 is 1. The molecule has 5 nitrogen and oxygen atoms in total. The largest absolute Gasteiger partial charge is 0.460 e. The quantitative estimate of drug-likeness (QED) is 0.602. The number of ether oxygens (including phenoxy) is 2. The number of nitrogens with zero attached hydrogens (tertiary/aromatic N) is 1. The van der Waals surface area contributed by atoms with Crippen LogP contribution < -0.4 is 5.73 Å². The average Bonchev–Trinajstić information content (AvgIpc) is 2.61. The van der Waals surface area contributed by atoms with Gasteiger partial charge in [0.1, 0.15) is 12.8 Å². The first-order valence-electron chi connectivity index (χ1n) is 8.42. The number of nitrogens with two attached hydrogens (primary N) is 1. The third-order valence-electron chi connectivity index (χ3n) is 4.53. The van der Waals surface area contributed by atoms with Gasteiger partial charge in [-0.05, 0) is 18.6 Å². The van der Waals surface area contributed by atoms with Gasteiger partial charge < -0.3 is 15.2 Å². The Morgan fingerprint density at radius 2 is 2.12 bits per heavy atom. The van der Waals surface area contributed by atoms with E-state index in [0.29, 0.717) is 18.5 Å². The molecule has 2 N–H and O–H groups in total. The summed E-state index contributed by atoms with van der Waals surface area (Å²) in [5.74, 6) is -0.383. The van der Waals surface area contributed by atoms with Gasteiger partial charge in [-0.25, -0.2) is 4.79 Å². The second-order valence-corrected chi connectivity index (χ2v) is 6.91. The van der Waals surface area contributed by atoms with Gasteiger partial charge in [0.15, 0.2) is 0 Å². The maximum atomic E-state index is 12.1. The van der Waals surface area contributed by atoms with Crippen LogP contribution in [0.25, 0.3) is 0 Å². The van der Waals surface area contributed by atoms with E-state index in [4.69, 9.17) is 26.8 Å². The fourth-order valence-corrected chi connectivity index (χ4v) is 3.25. The Morgan fingerprint density at radius 1 is 1.42 bits per heavy atom. The lowest BCUT2D eigenvalue weighted by Gasteiger charge is -2.46. The van der Waals surface area contributed by atoms with E-state index in [1.54, 1.807) is 31.4 Å². The lowest BCUT2D eigenvalue weighted by Crippen LogP contribution is -2.64. The first kappa shape index (κ1) is 19.2. The number of esters is 1. The normalized spacial score (nSPS) is 27.8. The number of unbranched alkanes of at least 4 members (excludes halogenated alkanes) is 1. The fraction of sp³-hybridized carbons (Fsp3) is 0.611. The van der Waals surface area contributed by atoms with Gasteiger partial charge in [-0.2, -0.15) is 0 Å². The van der Waals surface area contributed by atoms with E-state index in [0.717, 1.165) is 19.4 Å². The summed E-state index contributed by atoms with van der Waals surface area (Å²) in [6, 6.07) is 8.88. The highest BCUT2D eigenvalue weighted by atomic mass is 35.5. The van der Waals surface area contributed by atoms with Crippen LogP contribution in [0.2, 0.25) is 0 Å². The van der Waals surface area contributed by atoms with Crippen molar-refractivity contribution in [1.82, 2.24) is 4.90 Å². The number of carbonyl (C=O) groups excluding carboxylic acids is 1.